The average Bonchev–Trinajstić information content (AvgIpc) is 2.97. The van der Waals surface area contributed by atoms with Gasteiger partial charge in [-0.1, -0.05) is 41.9 Å². The summed E-state index contributed by atoms with van der Waals surface area (Å²) in [7, 11) is 0. The molecule has 1 N–H and O–H groups in total. The number of rotatable bonds is 6. The normalized spacial score (nSPS) is 10.7. The van der Waals surface area contributed by atoms with Crippen LogP contribution < -0.4 is 0 Å². The fourth-order valence-corrected chi connectivity index (χ4v) is 4.33. The molecule has 0 aliphatic rings. The van der Waals surface area contributed by atoms with Gasteiger partial charge in [0.2, 0.25) is 0 Å². The number of aromatic nitrogens is 1. The van der Waals surface area contributed by atoms with Gasteiger partial charge < -0.3 is 5.11 Å². The molecule has 0 fully saturated rings. The van der Waals surface area contributed by atoms with Crippen molar-refractivity contribution in [2.24, 2.45) is 0 Å². The Kier molecular flexibility index (Phi) is 5.56. The number of benzene rings is 2. The zero-order valence-electron chi connectivity index (χ0n) is 12.6. The highest BCUT2D eigenvalue weighted by Gasteiger charge is 2.16. The molecule has 0 spiro atoms. The first-order valence-corrected chi connectivity index (χ1v) is 9.44. The number of carboxylic acid groups (broad SMARTS) is 1. The van der Waals surface area contributed by atoms with Gasteiger partial charge in [-0.25, -0.2) is 4.98 Å². The van der Waals surface area contributed by atoms with Crippen molar-refractivity contribution in [3.63, 3.8) is 0 Å². The molecule has 0 bridgehead atoms. The molecule has 0 saturated heterocycles. The van der Waals surface area contributed by atoms with E-state index in [1.165, 1.54) is 16.2 Å². The first kappa shape index (κ1) is 17.0. The summed E-state index contributed by atoms with van der Waals surface area (Å²) in [6.07, 6.45) is -0.0222. The van der Waals surface area contributed by atoms with E-state index < -0.39 is 5.97 Å². The topological polar surface area (TPSA) is 50.2 Å². The molecular weight excluding hydrogens is 362 g/mol. The van der Waals surface area contributed by atoms with E-state index in [1.807, 2.05) is 30.3 Å². The number of hydrogen-bond donors (Lipinski definition) is 1. The van der Waals surface area contributed by atoms with Crippen molar-refractivity contribution in [1.82, 2.24) is 4.98 Å². The third kappa shape index (κ3) is 4.38. The summed E-state index contributed by atoms with van der Waals surface area (Å²) in [6, 6.07) is 17.4. The van der Waals surface area contributed by atoms with Crippen LogP contribution >= 0.6 is 34.7 Å². The molecule has 3 aromatic rings. The smallest absolute Gasteiger partial charge is 0.308 e. The zero-order valence-corrected chi connectivity index (χ0v) is 15.0. The number of nitrogens with zero attached hydrogens (tertiary/aromatic N) is 1. The van der Waals surface area contributed by atoms with Gasteiger partial charge in [-0.3, -0.25) is 4.79 Å². The van der Waals surface area contributed by atoms with Crippen LogP contribution in [0.4, 0.5) is 0 Å². The van der Waals surface area contributed by atoms with Gasteiger partial charge in [0.05, 0.1) is 17.9 Å². The number of hydrogen-bond acceptors (Lipinski definition) is 4. The van der Waals surface area contributed by atoms with E-state index in [4.69, 9.17) is 16.7 Å². The van der Waals surface area contributed by atoms with Crippen molar-refractivity contribution in [2.75, 3.05) is 0 Å². The molecule has 0 aliphatic carbocycles. The molecule has 24 heavy (non-hydrogen) atoms. The van der Waals surface area contributed by atoms with Crippen LogP contribution in [0.2, 0.25) is 5.02 Å². The maximum atomic E-state index is 11.1. The zero-order chi connectivity index (χ0) is 16.9. The summed E-state index contributed by atoms with van der Waals surface area (Å²) in [5.74, 6) is -0.134. The lowest BCUT2D eigenvalue weighted by Crippen LogP contribution is -1.99. The molecule has 3 nitrogen and oxygen atoms in total. The van der Waals surface area contributed by atoms with Crippen molar-refractivity contribution >= 4 is 40.7 Å². The molecule has 0 amide bonds. The molecule has 6 heteroatoms. The van der Waals surface area contributed by atoms with Crippen molar-refractivity contribution in [3.8, 4) is 11.3 Å². The van der Waals surface area contributed by atoms with Crippen LogP contribution in [0.5, 0.6) is 0 Å². The Bertz CT molecular complexity index is 832. The van der Waals surface area contributed by atoms with Gasteiger partial charge in [0.15, 0.2) is 0 Å². The third-order valence-electron chi connectivity index (χ3n) is 3.28. The summed E-state index contributed by atoms with van der Waals surface area (Å²) in [6.45, 7) is 0. The minimum atomic E-state index is -0.851. The number of carbonyl (C=O) groups is 1. The molecule has 0 atom stereocenters. The Morgan fingerprint density at radius 2 is 1.83 bits per heavy atom. The second kappa shape index (κ2) is 7.83. The molecule has 1 heterocycles. The largest absolute Gasteiger partial charge is 0.481 e. The van der Waals surface area contributed by atoms with Gasteiger partial charge in [0.1, 0.15) is 5.01 Å². The molecule has 2 aromatic carbocycles. The lowest BCUT2D eigenvalue weighted by Gasteiger charge is -2.00. The summed E-state index contributed by atoms with van der Waals surface area (Å²) < 4.78 is 0. The summed E-state index contributed by atoms with van der Waals surface area (Å²) in [5, 5.41) is 10.7. The molecule has 1 aromatic heterocycles. The lowest BCUT2D eigenvalue weighted by molar-refractivity contribution is -0.136. The van der Waals surface area contributed by atoms with Gasteiger partial charge in [0, 0.05) is 20.4 Å². The maximum absolute atomic E-state index is 11.1. The Hall–Kier alpha value is -1.82. The predicted octanol–water partition coefficient (Wildman–Crippen LogP) is 5.38. The van der Waals surface area contributed by atoms with Gasteiger partial charge in [-0.05, 0) is 24.3 Å². The predicted molar refractivity (Wildman–Crippen MR) is 99.9 cm³/mol. The van der Waals surface area contributed by atoms with Crippen LogP contribution in [0, 0.1) is 0 Å². The summed E-state index contributed by atoms with van der Waals surface area (Å²) in [5.41, 5.74) is 1.63. The van der Waals surface area contributed by atoms with Crippen molar-refractivity contribution in [3.05, 3.63) is 69.5 Å². The van der Waals surface area contributed by atoms with Crippen LogP contribution in [0.3, 0.4) is 0 Å². The molecule has 3 rings (SSSR count). The van der Waals surface area contributed by atoms with Gasteiger partial charge in [0.25, 0.3) is 0 Å². The molecule has 0 saturated carbocycles. The van der Waals surface area contributed by atoms with E-state index >= 15 is 0 Å². The van der Waals surface area contributed by atoms with Gasteiger partial charge >= 0.3 is 5.97 Å². The van der Waals surface area contributed by atoms with E-state index in [1.54, 1.807) is 23.9 Å². The second-order valence-corrected chi connectivity index (χ2v) is 7.71. The minimum absolute atomic E-state index is 0.0222. The number of thiazole rings is 1. The standard InChI is InChI=1S/C18H14ClNO2S2/c19-13-8-6-12(7-9-13)18-15(10-17(21)22)24-16(20-18)11-23-14-4-2-1-3-5-14/h1-9H,10-11H2,(H,21,22). The minimum Gasteiger partial charge on any atom is -0.481 e. The number of thioether (sulfide) groups is 1. The van der Waals surface area contributed by atoms with Crippen LogP contribution in [0.15, 0.2) is 59.5 Å². The first-order valence-electron chi connectivity index (χ1n) is 7.26. The van der Waals surface area contributed by atoms with Crippen molar-refractivity contribution in [2.45, 2.75) is 17.1 Å². The van der Waals surface area contributed by atoms with E-state index in [9.17, 15) is 4.79 Å². The number of carboxylic acids is 1. The molecule has 122 valence electrons. The summed E-state index contributed by atoms with van der Waals surface area (Å²) >= 11 is 9.08. The van der Waals surface area contributed by atoms with Crippen molar-refractivity contribution in [1.29, 1.82) is 0 Å². The van der Waals surface area contributed by atoms with Crippen molar-refractivity contribution < 1.29 is 9.90 Å². The highest BCUT2D eigenvalue weighted by Crippen LogP contribution is 2.32. The second-order valence-electron chi connectivity index (χ2n) is 5.06. The first-order chi connectivity index (χ1) is 11.6. The molecule has 0 unspecified atom stereocenters. The Morgan fingerprint density at radius 3 is 2.50 bits per heavy atom. The van der Waals surface area contributed by atoms with E-state index in [2.05, 4.69) is 17.1 Å². The fourth-order valence-electron chi connectivity index (χ4n) is 2.21. The molecule has 0 aliphatic heterocycles. The van der Waals surface area contributed by atoms with E-state index in [-0.39, 0.29) is 6.42 Å². The van der Waals surface area contributed by atoms with Crippen LogP contribution in [0.1, 0.15) is 9.88 Å². The lowest BCUT2D eigenvalue weighted by atomic mass is 10.1. The highest BCUT2D eigenvalue weighted by molar-refractivity contribution is 7.98. The van der Waals surface area contributed by atoms with Crippen LogP contribution in [-0.2, 0) is 17.0 Å². The van der Waals surface area contributed by atoms with Gasteiger partial charge in [-0.15, -0.1) is 23.1 Å². The number of aliphatic carboxylic acids is 1. The fraction of sp³-hybridized carbons (Fsp3) is 0.111. The molecular formula is C18H14ClNO2S2. The van der Waals surface area contributed by atoms with E-state index in [0.717, 1.165) is 26.9 Å². The Morgan fingerprint density at radius 1 is 1.12 bits per heavy atom. The average molecular weight is 376 g/mol. The van der Waals surface area contributed by atoms with Crippen LogP contribution in [-0.4, -0.2) is 16.1 Å². The Balaban J connectivity index is 1.85. The Labute approximate surface area is 153 Å². The highest BCUT2D eigenvalue weighted by atomic mass is 35.5. The van der Waals surface area contributed by atoms with Gasteiger partial charge in [-0.2, -0.15) is 0 Å². The van der Waals surface area contributed by atoms with E-state index in [0.29, 0.717) is 5.02 Å². The maximum Gasteiger partial charge on any atom is 0.308 e. The summed E-state index contributed by atoms with van der Waals surface area (Å²) in [4.78, 5) is 17.8. The SMILES string of the molecule is O=C(O)Cc1sc(CSc2ccccc2)nc1-c1ccc(Cl)cc1. The monoisotopic (exact) mass is 375 g/mol. The van der Waals surface area contributed by atoms with Crippen LogP contribution in [0.25, 0.3) is 11.3 Å². The molecule has 0 radical (unpaired) electrons. The quantitative estimate of drug-likeness (QED) is 0.587. The third-order valence-corrected chi connectivity index (χ3v) is 5.79. The number of halogens is 1.